The highest BCUT2D eigenvalue weighted by molar-refractivity contribution is 8.16. The Kier molecular flexibility index (Phi) is 3.41. The molecular weight excluding hydrogens is 227 g/mol. The van der Waals surface area contributed by atoms with Crippen LogP contribution in [0.4, 0.5) is 0 Å². The molecule has 0 spiro atoms. The molecule has 85 valence electrons. The van der Waals surface area contributed by atoms with Crippen LogP contribution in [0.3, 0.4) is 0 Å². The smallest absolute Gasteiger partial charge is 0.227 e. The lowest BCUT2D eigenvalue weighted by molar-refractivity contribution is 0.261. The molecular formula is C10H12BO4S. The minimum absolute atomic E-state index is 0.227. The first kappa shape index (κ1) is 10.2. The molecule has 6 heteroatoms. The molecule has 1 aliphatic rings. The van der Waals surface area contributed by atoms with Crippen LogP contribution in [-0.2, 0) is 4.74 Å². The molecule has 1 saturated heterocycles. The van der Waals surface area contributed by atoms with Gasteiger partial charge in [-0.25, -0.2) is 0 Å². The molecule has 1 fully saturated rings. The average Bonchev–Trinajstić information content (AvgIpc) is 3.18. The lowest BCUT2D eigenvalue weighted by atomic mass is 10.3. The molecule has 1 aromatic carbocycles. The molecule has 0 saturated carbocycles. The number of hydrogen-bond acceptors (Lipinski definition) is 5. The maximum atomic E-state index is 6.88. The van der Waals surface area contributed by atoms with Crippen LogP contribution < -0.4 is 13.7 Å². The van der Waals surface area contributed by atoms with E-state index in [1.807, 2.05) is 0 Å². The molecule has 1 unspecified atom stereocenters. The van der Waals surface area contributed by atoms with Gasteiger partial charge < -0.3 is 18.4 Å². The third-order valence-corrected chi connectivity index (χ3v) is 2.39. The van der Waals surface area contributed by atoms with Crippen molar-refractivity contribution in [1.29, 1.82) is 1.34 Å². The van der Waals surface area contributed by atoms with E-state index in [-0.39, 0.29) is 6.10 Å². The Balaban J connectivity index is 1.98. The van der Waals surface area contributed by atoms with E-state index < -0.39 is 0 Å². The van der Waals surface area contributed by atoms with Crippen LogP contribution in [0.1, 0.15) is 0 Å². The van der Waals surface area contributed by atoms with Crippen LogP contribution in [0, 0.1) is 0 Å². The molecule has 0 N–H and O–H groups in total. The van der Waals surface area contributed by atoms with Crippen molar-refractivity contribution >= 4 is 19.0 Å². The third-order valence-electron chi connectivity index (χ3n) is 2.11. The summed E-state index contributed by atoms with van der Waals surface area (Å²) in [5.41, 5.74) is 0. The van der Waals surface area contributed by atoms with Gasteiger partial charge in [-0.1, -0.05) is 0 Å². The van der Waals surface area contributed by atoms with E-state index in [0.29, 0.717) is 23.9 Å². The lowest BCUT2D eigenvalue weighted by Gasteiger charge is -2.10. The van der Waals surface area contributed by atoms with Gasteiger partial charge in [-0.15, -0.1) is 0 Å². The maximum Gasteiger partial charge on any atom is 0.227 e. The van der Waals surface area contributed by atoms with Gasteiger partial charge in [-0.2, -0.15) is 0 Å². The number of rotatable bonds is 7. The number of benzene rings is 1. The van der Waals surface area contributed by atoms with Crippen molar-refractivity contribution in [1.82, 2.24) is 0 Å². The first-order valence-corrected chi connectivity index (χ1v) is 5.60. The zero-order valence-electron chi connectivity index (χ0n) is 9.84. The standard InChI is InChI=1S/C10H12BO4S/c1-12-10-4-7(13-5-8-6-14-8)2-3-9(10)15-16-11/h2-4,8,11H,5-6H2,1H3/i11T. The van der Waals surface area contributed by atoms with Crippen molar-refractivity contribution in [2.24, 2.45) is 0 Å². The Labute approximate surface area is 101 Å². The van der Waals surface area contributed by atoms with Gasteiger partial charge in [-0.05, 0) is 25.4 Å². The molecule has 4 nitrogen and oxygen atoms in total. The van der Waals surface area contributed by atoms with Crippen molar-refractivity contribution < 1.29 is 18.4 Å². The van der Waals surface area contributed by atoms with E-state index in [1.54, 1.807) is 25.3 Å². The molecule has 1 atom stereocenters. The van der Waals surface area contributed by atoms with Gasteiger partial charge in [0.25, 0.3) is 0 Å². The zero-order chi connectivity index (χ0) is 12.1. The molecule has 16 heavy (non-hydrogen) atoms. The predicted octanol–water partition coefficient (Wildman–Crippen LogP) is 1.32. The van der Waals surface area contributed by atoms with Gasteiger partial charge in [0.15, 0.2) is 11.5 Å². The number of hydrogen-bond donors (Lipinski definition) is 0. The van der Waals surface area contributed by atoms with Crippen LogP contribution >= 0.6 is 11.9 Å². The summed E-state index contributed by atoms with van der Waals surface area (Å²) in [4.78, 5) is 0. The molecule has 0 aliphatic carbocycles. The maximum absolute atomic E-state index is 6.88. The normalized spacial score (nSPS) is 18.6. The second-order valence-electron chi connectivity index (χ2n) is 3.26. The summed E-state index contributed by atoms with van der Waals surface area (Å²) in [7, 11) is 2.67. The van der Waals surface area contributed by atoms with Gasteiger partial charge in [0.2, 0.25) is 7.09 Å². The fourth-order valence-corrected chi connectivity index (χ4v) is 1.45. The predicted molar refractivity (Wildman–Crippen MR) is 63.6 cm³/mol. The van der Waals surface area contributed by atoms with Gasteiger partial charge in [-0.3, -0.25) is 0 Å². The second kappa shape index (κ2) is 5.36. The van der Waals surface area contributed by atoms with Gasteiger partial charge in [0.1, 0.15) is 18.5 Å². The second-order valence-corrected chi connectivity index (χ2v) is 3.62. The van der Waals surface area contributed by atoms with E-state index >= 15 is 0 Å². The fourth-order valence-electron chi connectivity index (χ4n) is 1.21. The van der Waals surface area contributed by atoms with E-state index in [2.05, 4.69) is 0 Å². The van der Waals surface area contributed by atoms with Crippen molar-refractivity contribution in [2.45, 2.75) is 6.10 Å². The number of methoxy groups -OCH3 is 1. The highest BCUT2D eigenvalue weighted by atomic mass is 32.2. The monoisotopic (exact) mass is 241 g/mol. The van der Waals surface area contributed by atoms with Crippen LogP contribution in [0.5, 0.6) is 17.2 Å². The molecule has 0 bridgehead atoms. The van der Waals surface area contributed by atoms with Gasteiger partial charge >= 0.3 is 0 Å². The molecule has 1 heterocycles. The van der Waals surface area contributed by atoms with Crippen LogP contribution in [-0.4, -0.2) is 34.9 Å². The highest BCUT2D eigenvalue weighted by Crippen LogP contribution is 2.33. The Bertz CT molecular complexity index is 375. The summed E-state index contributed by atoms with van der Waals surface area (Å²) >= 11 is 0.926. The first-order valence-electron chi connectivity index (χ1n) is 5.37. The average molecular weight is 241 g/mol. The SMILES string of the molecule is [3H][B]SOc1ccc(OCC2CO2)cc1OC. The van der Waals surface area contributed by atoms with E-state index in [1.165, 1.54) is 0 Å². The topological polar surface area (TPSA) is 40.2 Å². The van der Waals surface area contributed by atoms with Crippen molar-refractivity contribution in [3.8, 4) is 17.2 Å². The Hall–Kier alpha value is -1.01. The summed E-state index contributed by atoms with van der Waals surface area (Å²) in [5, 5.41) is 0. The summed E-state index contributed by atoms with van der Waals surface area (Å²) < 4.78 is 27.9. The molecule has 0 aromatic heterocycles. The van der Waals surface area contributed by atoms with Crippen molar-refractivity contribution in [3.63, 3.8) is 0 Å². The van der Waals surface area contributed by atoms with Crippen LogP contribution in [0.15, 0.2) is 18.2 Å². The number of ether oxygens (including phenoxy) is 3. The lowest BCUT2D eigenvalue weighted by Crippen LogP contribution is -2.04. The van der Waals surface area contributed by atoms with E-state index in [4.69, 9.17) is 19.7 Å². The largest absolute Gasteiger partial charge is 0.493 e. The molecule has 1 aliphatic heterocycles. The highest BCUT2D eigenvalue weighted by Gasteiger charge is 2.23. The summed E-state index contributed by atoms with van der Waals surface area (Å²) in [5.74, 6) is 1.86. The Morgan fingerprint density at radius 1 is 1.62 bits per heavy atom. The molecule has 0 amide bonds. The minimum atomic E-state index is 0.227. The Morgan fingerprint density at radius 3 is 3.19 bits per heavy atom. The number of epoxide rings is 1. The van der Waals surface area contributed by atoms with Gasteiger partial charge in [0.05, 0.1) is 13.7 Å². The van der Waals surface area contributed by atoms with Crippen molar-refractivity contribution in [2.75, 3.05) is 20.3 Å². The first-order chi connectivity index (χ1) is 8.33. The summed E-state index contributed by atoms with van der Waals surface area (Å²) in [6.07, 6.45) is 0.227. The molecule has 2 rings (SSSR count). The quantitative estimate of drug-likeness (QED) is 0.409. The minimum Gasteiger partial charge on any atom is -0.493 e. The Morgan fingerprint density at radius 2 is 2.50 bits per heavy atom. The van der Waals surface area contributed by atoms with E-state index in [0.717, 1.165) is 25.6 Å². The van der Waals surface area contributed by atoms with Crippen LogP contribution in [0.2, 0.25) is 0 Å². The third kappa shape index (κ3) is 2.99. The molecule has 1 radical (unpaired) electrons. The molecule has 1 aromatic rings. The van der Waals surface area contributed by atoms with Crippen molar-refractivity contribution in [3.05, 3.63) is 18.2 Å². The zero-order valence-corrected chi connectivity index (χ0v) is 9.66. The van der Waals surface area contributed by atoms with Crippen LogP contribution in [0.25, 0.3) is 0 Å². The fraction of sp³-hybridized carbons (Fsp3) is 0.400. The van der Waals surface area contributed by atoms with Gasteiger partial charge in [0, 0.05) is 6.07 Å². The summed E-state index contributed by atoms with van der Waals surface area (Å²) in [6, 6.07) is 5.30. The van der Waals surface area contributed by atoms with E-state index in [9.17, 15) is 0 Å². The summed E-state index contributed by atoms with van der Waals surface area (Å²) in [6.45, 7) is 1.33.